The topological polar surface area (TPSA) is 77.8 Å². The Balaban J connectivity index is 1.88. The van der Waals surface area contributed by atoms with Gasteiger partial charge < -0.3 is 10.3 Å². The summed E-state index contributed by atoms with van der Waals surface area (Å²) < 4.78 is 18.6. The molecule has 0 radical (unpaired) electrons. The van der Waals surface area contributed by atoms with Crippen molar-refractivity contribution in [3.05, 3.63) is 60.0 Å². The first-order chi connectivity index (χ1) is 11.6. The minimum atomic E-state index is -0.296. The number of nitrogens with two attached hydrogens (primary N) is 1. The number of nitrogen functional groups attached to an aromatic ring is 1. The van der Waals surface area contributed by atoms with E-state index in [0.717, 1.165) is 33.4 Å². The van der Waals surface area contributed by atoms with Crippen molar-refractivity contribution in [2.24, 2.45) is 0 Å². The zero-order valence-electron chi connectivity index (χ0n) is 12.8. The summed E-state index contributed by atoms with van der Waals surface area (Å²) in [5.74, 6) is 0.523. The number of nitrogens with zero attached hydrogens (tertiary/aromatic N) is 3. The average Bonchev–Trinajstić information content (AvgIpc) is 2.98. The van der Waals surface area contributed by atoms with E-state index in [0.29, 0.717) is 5.76 Å². The molecule has 118 valence electrons. The SMILES string of the molecule is Cc1cc(-c2ccc3noc(-c4ccc(F)cc4)c3c2)nc(N)n1. The molecular weight excluding hydrogens is 307 g/mol. The molecule has 0 atom stereocenters. The number of rotatable bonds is 2. The minimum Gasteiger partial charge on any atom is -0.368 e. The Morgan fingerprint density at radius 2 is 1.71 bits per heavy atom. The quantitative estimate of drug-likeness (QED) is 0.604. The second-order valence-electron chi connectivity index (χ2n) is 5.50. The number of hydrogen-bond donors (Lipinski definition) is 1. The van der Waals surface area contributed by atoms with E-state index in [1.807, 2.05) is 31.2 Å². The number of fused-ring (bicyclic) bond motifs is 1. The first kappa shape index (κ1) is 14.3. The largest absolute Gasteiger partial charge is 0.368 e. The molecule has 0 aliphatic rings. The highest BCUT2D eigenvalue weighted by molar-refractivity contribution is 5.94. The maximum absolute atomic E-state index is 13.1. The second-order valence-corrected chi connectivity index (χ2v) is 5.50. The van der Waals surface area contributed by atoms with Crippen LogP contribution in [0.5, 0.6) is 0 Å². The zero-order valence-corrected chi connectivity index (χ0v) is 12.8. The van der Waals surface area contributed by atoms with Crippen LogP contribution in [0.2, 0.25) is 0 Å². The monoisotopic (exact) mass is 320 g/mol. The molecule has 0 fully saturated rings. The van der Waals surface area contributed by atoms with Crippen LogP contribution in [0.1, 0.15) is 5.69 Å². The summed E-state index contributed by atoms with van der Waals surface area (Å²) in [7, 11) is 0. The molecule has 2 aromatic heterocycles. The molecule has 0 unspecified atom stereocenters. The van der Waals surface area contributed by atoms with Gasteiger partial charge >= 0.3 is 0 Å². The average molecular weight is 320 g/mol. The molecule has 0 aliphatic carbocycles. The summed E-state index contributed by atoms with van der Waals surface area (Å²) in [6.07, 6.45) is 0. The van der Waals surface area contributed by atoms with Crippen LogP contribution in [0.15, 0.2) is 53.1 Å². The van der Waals surface area contributed by atoms with E-state index in [9.17, 15) is 4.39 Å². The molecule has 0 saturated heterocycles. The molecular formula is C18H13FN4O. The summed E-state index contributed by atoms with van der Waals surface area (Å²) in [6, 6.07) is 13.7. The van der Waals surface area contributed by atoms with E-state index >= 15 is 0 Å². The van der Waals surface area contributed by atoms with Crippen molar-refractivity contribution < 1.29 is 8.91 Å². The van der Waals surface area contributed by atoms with Gasteiger partial charge in [0, 0.05) is 16.8 Å². The van der Waals surface area contributed by atoms with E-state index in [-0.39, 0.29) is 11.8 Å². The molecule has 0 saturated carbocycles. The van der Waals surface area contributed by atoms with Gasteiger partial charge in [0.2, 0.25) is 5.95 Å². The number of anilines is 1. The second kappa shape index (κ2) is 5.42. The van der Waals surface area contributed by atoms with E-state index in [1.165, 1.54) is 12.1 Å². The van der Waals surface area contributed by atoms with Gasteiger partial charge in [-0.2, -0.15) is 0 Å². The number of aromatic nitrogens is 3. The van der Waals surface area contributed by atoms with Crippen LogP contribution in [0, 0.1) is 12.7 Å². The lowest BCUT2D eigenvalue weighted by Gasteiger charge is -2.04. The van der Waals surface area contributed by atoms with Gasteiger partial charge in [-0.3, -0.25) is 0 Å². The number of aryl methyl sites for hydroxylation is 1. The maximum Gasteiger partial charge on any atom is 0.220 e. The van der Waals surface area contributed by atoms with Gasteiger partial charge in [0.15, 0.2) is 5.76 Å². The van der Waals surface area contributed by atoms with Gasteiger partial charge in [-0.1, -0.05) is 11.2 Å². The van der Waals surface area contributed by atoms with Gasteiger partial charge in [-0.05, 0) is 49.4 Å². The predicted octanol–water partition coefficient (Wildman–Crippen LogP) is 3.98. The molecule has 4 aromatic rings. The highest BCUT2D eigenvalue weighted by Crippen LogP contribution is 2.32. The molecule has 5 nitrogen and oxygen atoms in total. The van der Waals surface area contributed by atoms with Crippen molar-refractivity contribution in [2.45, 2.75) is 6.92 Å². The lowest BCUT2D eigenvalue weighted by molar-refractivity contribution is 0.441. The summed E-state index contributed by atoms with van der Waals surface area (Å²) in [6.45, 7) is 1.86. The Morgan fingerprint density at radius 3 is 2.46 bits per heavy atom. The fourth-order valence-electron chi connectivity index (χ4n) is 2.65. The van der Waals surface area contributed by atoms with Crippen LogP contribution in [0.4, 0.5) is 10.3 Å². The molecule has 0 amide bonds. The van der Waals surface area contributed by atoms with Crippen molar-refractivity contribution in [3.63, 3.8) is 0 Å². The van der Waals surface area contributed by atoms with Crippen LogP contribution >= 0.6 is 0 Å². The maximum atomic E-state index is 13.1. The van der Waals surface area contributed by atoms with Gasteiger partial charge in [0.05, 0.1) is 11.1 Å². The van der Waals surface area contributed by atoms with Crippen LogP contribution in [-0.2, 0) is 0 Å². The first-order valence-corrected chi connectivity index (χ1v) is 7.37. The Labute approximate surface area is 137 Å². The minimum absolute atomic E-state index is 0.231. The smallest absolute Gasteiger partial charge is 0.220 e. The van der Waals surface area contributed by atoms with Crippen molar-refractivity contribution >= 4 is 16.9 Å². The normalized spacial score (nSPS) is 11.1. The number of hydrogen-bond acceptors (Lipinski definition) is 5. The molecule has 4 rings (SSSR count). The fraction of sp³-hybridized carbons (Fsp3) is 0.0556. The van der Waals surface area contributed by atoms with Crippen LogP contribution in [-0.4, -0.2) is 15.1 Å². The lowest BCUT2D eigenvalue weighted by atomic mass is 10.0. The Kier molecular flexibility index (Phi) is 3.23. The van der Waals surface area contributed by atoms with Gasteiger partial charge in [-0.15, -0.1) is 0 Å². The summed E-state index contributed by atoms with van der Waals surface area (Å²) in [5, 5.41) is 4.89. The van der Waals surface area contributed by atoms with E-state index in [1.54, 1.807) is 12.1 Å². The summed E-state index contributed by atoms with van der Waals surface area (Å²) in [4.78, 5) is 8.36. The Morgan fingerprint density at radius 1 is 0.958 bits per heavy atom. The van der Waals surface area contributed by atoms with E-state index < -0.39 is 0 Å². The molecule has 24 heavy (non-hydrogen) atoms. The van der Waals surface area contributed by atoms with Crippen LogP contribution < -0.4 is 5.73 Å². The van der Waals surface area contributed by atoms with Gasteiger partial charge in [-0.25, -0.2) is 14.4 Å². The first-order valence-electron chi connectivity index (χ1n) is 7.37. The highest BCUT2D eigenvalue weighted by Gasteiger charge is 2.13. The van der Waals surface area contributed by atoms with Crippen molar-refractivity contribution in [1.82, 2.24) is 15.1 Å². The Hall–Kier alpha value is -3.28. The number of halogens is 1. The molecule has 2 heterocycles. The van der Waals surface area contributed by atoms with Crippen LogP contribution in [0.3, 0.4) is 0 Å². The Bertz CT molecular complexity index is 1020. The van der Waals surface area contributed by atoms with Crippen molar-refractivity contribution in [3.8, 4) is 22.6 Å². The third kappa shape index (κ3) is 2.48. The van der Waals surface area contributed by atoms with E-state index in [2.05, 4.69) is 15.1 Å². The van der Waals surface area contributed by atoms with Gasteiger partial charge in [0.1, 0.15) is 11.3 Å². The summed E-state index contributed by atoms with van der Waals surface area (Å²) >= 11 is 0. The number of benzene rings is 2. The zero-order chi connectivity index (χ0) is 16.7. The third-order valence-electron chi connectivity index (χ3n) is 3.75. The molecule has 0 aliphatic heterocycles. The lowest BCUT2D eigenvalue weighted by Crippen LogP contribution is -1.98. The van der Waals surface area contributed by atoms with Crippen LogP contribution in [0.25, 0.3) is 33.5 Å². The molecule has 6 heteroatoms. The third-order valence-corrected chi connectivity index (χ3v) is 3.75. The molecule has 0 bridgehead atoms. The van der Waals surface area contributed by atoms with Gasteiger partial charge in [0.25, 0.3) is 0 Å². The highest BCUT2D eigenvalue weighted by atomic mass is 19.1. The standard InChI is InChI=1S/C18H13FN4O/c1-10-8-16(22-18(20)21-10)12-4-7-15-14(9-12)17(24-23-15)11-2-5-13(19)6-3-11/h2-9H,1H3,(H2,20,21,22). The molecule has 2 aromatic carbocycles. The van der Waals surface area contributed by atoms with E-state index in [4.69, 9.17) is 10.3 Å². The molecule has 0 spiro atoms. The van der Waals surface area contributed by atoms with Crippen molar-refractivity contribution in [1.29, 1.82) is 0 Å². The predicted molar refractivity (Wildman–Crippen MR) is 89.6 cm³/mol. The summed E-state index contributed by atoms with van der Waals surface area (Å²) in [5.41, 5.74) is 9.62. The molecule has 2 N–H and O–H groups in total. The fourth-order valence-corrected chi connectivity index (χ4v) is 2.65. The van der Waals surface area contributed by atoms with Crippen molar-refractivity contribution in [2.75, 3.05) is 5.73 Å².